The average molecular weight is 356 g/mol. The van der Waals surface area contributed by atoms with Crippen molar-refractivity contribution in [1.29, 1.82) is 0 Å². The first-order valence-corrected chi connectivity index (χ1v) is 9.54. The molecule has 5 nitrogen and oxygen atoms in total. The van der Waals surface area contributed by atoms with Crippen LogP contribution in [0.25, 0.3) is 5.69 Å². The minimum absolute atomic E-state index is 0.0786. The lowest BCUT2D eigenvalue weighted by molar-refractivity contribution is 0.402. The van der Waals surface area contributed by atoms with Crippen molar-refractivity contribution >= 4 is 9.84 Å². The number of para-hydroxylation sites is 1. The number of rotatable bonds is 5. The fourth-order valence-corrected chi connectivity index (χ4v) is 4.33. The summed E-state index contributed by atoms with van der Waals surface area (Å²) in [5.41, 5.74) is 3.60. The van der Waals surface area contributed by atoms with Crippen molar-refractivity contribution in [2.24, 2.45) is 0 Å². The Labute approximate surface area is 147 Å². The molecule has 0 fully saturated rings. The highest BCUT2D eigenvalue weighted by Crippen LogP contribution is 2.26. The maximum Gasteiger partial charge on any atom is 0.186 e. The number of methoxy groups -OCH3 is 1. The fraction of sp³-hybridized carbons (Fsp3) is 0.211. The highest BCUT2D eigenvalue weighted by Gasteiger charge is 2.19. The average Bonchev–Trinajstić information content (AvgIpc) is 2.93. The van der Waals surface area contributed by atoms with Crippen molar-refractivity contribution < 1.29 is 13.2 Å². The zero-order valence-electron chi connectivity index (χ0n) is 14.4. The molecule has 0 aliphatic carbocycles. The van der Waals surface area contributed by atoms with Crippen LogP contribution in [0.2, 0.25) is 0 Å². The summed E-state index contributed by atoms with van der Waals surface area (Å²) < 4.78 is 32.4. The summed E-state index contributed by atoms with van der Waals surface area (Å²) in [4.78, 5) is 0.208. The number of sulfone groups is 1. The smallest absolute Gasteiger partial charge is 0.186 e. The minimum atomic E-state index is -3.49. The summed E-state index contributed by atoms with van der Waals surface area (Å²) in [6.45, 7) is 3.93. The van der Waals surface area contributed by atoms with E-state index in [2.05, 4.69) is 5.10 Å². The molecule has 25 heavy (non-hydrogen) atoms. The number of benzene rings is 2. The maximum atomic E-state index is 12.7. The zero-order valence-corrected chi connectivity index (χ0v) is 15.2. The largest absolute Gasteiger partial charge is 0.495 e. The first-order valence-electron chi connectivity index (χ1n) is 7.89. The van der Waals surface area contributed by atoms with E-state index in [4.69, 9.17) is 4.74 Å². The number of aromatic nitrogens is 2. The molecule has 3 aromatic rings. The molecule has 0 aliphatic rings. The van der Waals surface area contributed by atoms with Crippen LogP contribution in [0.5, 0.6) is 5.75 Å². The molecule has 130 valence electrons. The number of ether oxygens (including phenoxy) is 1. The van der Waals surface area contributed by atoms with Gasteiger partial charge in [0, 0.05) is 5.69 Å². The van der Waals surface area contributed by atoms with Crippen molar-refractivity contribution in [1.82, 2.24) is 9.78 Å². The Hall–Kier alpha value is -2.60. The number of nitrogens with zero attached hydrogens (tertiary/aromatic N) is 2. The van der Waals surface area contributed by atoms with Gasteiger partial charge < -0.3 is 4.74 Å². The van der Waals surface area contributed by atoms with Crippen LogP contribution in [0.3, 0.4) is 0 Å². The Kier molecular flexibility index (Phi) is 4.63. The molecule has 0 atom stereocenters. The van der Waals surface area contributed by atoms with Crippen LogP contribution in [0, 0.1) is 13.8 Å². The molecule has 0 spiro atoms. The maximum absolute atomic E-state index is 12.7. The van der Waals surface area contributed by atoms with E-state index in [1.807, 2.05) is 48.9 Å². The third kappa shape index (κ3) is 3.58. The van der Waals surface area contributed by atoms with Crippen LogP contribution in [-0.4, -0.2) is 25.3 Å². The predicted octanol–water partition coefficient (Wildman–Crippen LogP) is 3.47. The first kappa shape index (κ1) is 17.2. The molecular weight excluding hydrogens is 336 g/mol. The third-order valence-electron chi connectivity index (χ3n) is 3.95. The van der Waals surface area contributed by atoms with Gasteiger partial charge in [-0.25, -0.2) is 13.1 Å². The van der Waals surface area contributed by atoms with E-state index in [-0.39, 0.29) is 10.6 Å². The number of hydrogen-bond donors (Lipinski definition) is 0. The van der Waals surface area contributed by atoms with Crippen molar-refractivity contribution in [2.45, 2.75) is 24.5 Å². The fourth-order valence-electron chi connectivity index (χ4n) is 2.80. The zero-order chi connectivity index (χ0) is 18.0. The van der Waals surface area contributed by atoms with Crippen LogP contribution < -0.4 is 4.74 Å². The second kappa shape index (κ2) is 6.72. The predicted molar refractivity (Wildman–Crippen MR) is 96.9 cm³/mol. The van der Waals surface area contributed by atoms with E-state index in [0.717, 1.165) is 22.6 Å². The summed E-state index contributed by atoms with van der Waals surface area (Å²) >= 11 is 0. The van der Waals surface area contributed by atoms with Gasteiger partial charge in [0.15, 0.2) is 9.84 Å². The molecular formula is C19H20N2O3S. The topological polar surface area (TPSA) is 61.2 Å². The molecule has 0 amide bonds. The van der Waals surface area contributed by atoms with Crippen molar-refractivity contribution in [3.63, 3.8) is 0 Å². The van der Waals surface area contributed by atoms with Crippen LogP contribution >= 0.6 is 0 Å². The van der Waals surface area contributed by atoms with E-state index in [0.29, 0.717) is 5.75 Å². The summed E-state index contributed by atoms with van der Waals surface area (Å²) in [6, 6.07) is 16.1. The first-order chi connectivity index (χ1) is 11.9. The van der Waals surface area contributed by atoms with Crippen LogP contribution in [-0.2, 0) is 15.6 Å². The second-order valence-corrected chi connectivity index (χ2v) is 7.87. The van der Waals surface area contributed by atoms with E-state index in [9.17, 15) is 8.42 Å². The molecule has 0 unspecified atom stereocenters. The quantitative estimate of drug-likeness (QED) is 0.702. The standard InChI is InChI=1S/C19H20N2O3S/c1-14-12-15(2)21(20-14)17-10-8-16(9-11-17)13-25(22,23)19-7-5-4-6-18(19)24-3/h4-12H,13H2,1-3H3. The monoisotopic (exact) mass is 356 g/mol. The molecule has 1 heterocycles. The summed E-state index contributed by atoms with van der Waals surface area (Å²) in [6.07, 6.45) is 0. The summed E-state index contributed by atoms with van der Waals surface area (Å²) in [7, 11) is -2.02. The summed E-state index contributed by atoms with van der Waals surface area (Å²) in [5, 5.41) is 4.44. The van der Waals surface area contributed by atoms with Gasteiger partial charge in [0.05, 0.1) is 24.2 Å². The van der Waals surface area contributed by atoms with Gasteiger partial charge in [0.25, 0.3) is 0 Å². The molecule has 0 saturated heterocycles. The van der Waals surface area contributed by atoms with Crippen molar-refractivity contribution in [3.8, 4) is 11.4 Å². The lowest BCUT2D eigenvalue weighted by Crippen LogP contribution is -2.07. The summed E-state index contributed by atoms with van der Waals surface area (Å²) in [5.74, 6) is 0.284. The molecule has 0 N–H and O–H groups in total. The van der Waals surface area contributed by atoms with Crippen molar-refractivity contribution in [3.05, 3.63) is 71.5 Å². The normalized spacial score (nSPS) is 11.5. The van der Waals surface area contributed by atoms with Crippen LogP contribution in [0.1, 0.15) is 17.0 Å². The molecule has 0 aliphatic heterocycles. The van der Waals surface area contributed by atoms with Gasteiger partial charge in [-0.05, 0) is 49.7 Å². The molecule has 1 aromatic heterocycles. The van der Waals surface area contributed by atoms with Crippen LogP contribution in [0.15, 0.2) is 59.5 Å². The van der Waals surface area contributed by atoms with E-state index in [1.54, 1.807) is 24.3 Å². The second-order valence-electron chi connectivity index (χ2n) is 5.92. The van der Waals surface area contributed by atoms with E-state index in [1.165, 1.54) is 7.11 Å². The minimum Gasteiger partial charge on any atom is -0.495 e. The van der Waals surface area contributed by atoms with Gasteiger partial charge in [-0.1, -0.05) is 24.3 Å². The molecule has 3 rings (SSSR count). The van der Waals surface area contributed by atoms with Gasteiger partial charge in [0.1, 0.15) is 10.6 Å². The Morgan fingerprint density at radius 1 is 1.04 bits per heavy atom. The van der Waals surface area contributed by atoms with E-state index >= 15 is 0 Å². The Morgan fingerprint density at radius 3 is 2.32 bits per heavy atom. The molecule has 0 radical (unpaired) electrons. The highest BCUT2D eigenvalue weighted by atomic mass is 32.2. The molecule has 6 heteroatoms. The lowest BCUT2D eigenvalue weighted by Gasteiger charge is -2.10. The molecule has 0 bridgehead atoms. The molecule has 2 aromatic carbocycles. The third-order valence-corrected chi connectivity index (χ3v) is 5.67. The lowest BCUT2D eigenvalue weighted by atomic mass is 10.2. The van der Waals surface area contributed by atoms with Gasteiger partial charge in [-0.15, -0.1) is 0 Å². The molecule has 0 saturated carbocycles. The van der Waals surface area contributed by atoms with Crippen molar-refractivity contribution in [2.75, 3.05) is 7.11 Å². The van der Waals surface area contributed by atoms with Gasteiger partial charge in [-0.2, -0.15) is 5.10 Å². The van der Waals surface area contributed by atoms with Gasteiger partial charge in [0.2, 0.25) is 0 Å². The Bertz CT molecular complexity index is 990. The number of hydrogen-bond acceptors (Lipinski definition) is 4. The SMILES string of the molecule is COc1ccccc1S(=O)(=O)Cc1ccc(-n2nc(C)cc2C)cc1. The van der Waals surface area contributed by atoms with Gasteiger partial charge in [-0.3, -0.25) is 0 Å². The number of aryl methyl sites for hydroxylation is 2. The Morgan fingerprint density at radius 2 is 1.72 bits per heavy atom. The van der Waals surface area contributed by atoms with E-state index < -0.39 is 9.84 Å². The highest BCUT2D eigenvalue weighted by molar-refractivity contribution is 7.90. The van der Waals surface area contributed by atoms with Crippen LogP contribution in [0.4, 0.5) is 0 Å². The Balaban J connectivity index is 1.87. The van der Waals surface area contributed by atoms with Gasteiger partial charge >= 0.3 is 0 Å².